The minimum Gasteiger partial charge on any atom is -0.456 e. The number of rotatable bonds is 8. The number of hydrogen-bond donors (Lipinski definition) is 1. The fourth-order valence-electron chi connectivity index (χ4n) is 5.43. The van der Waals surface area contributed by atoms with Crippen molar-refractivity contribution in [2.45, 2.75) is 13.1 Å². The Morgan fingerprint density at radius 3 is 1.84 bits per heavy atom. The van der Waals surface area contributed by atoms with Crippen LogP contribution in [0.5, 0.6) is 23.0 Å². The summed E-state index contributed by atoms with van der Waals surface area (Å²) in [5.74, 6) is 2.31. The van der Waals surface area contributed by atoms with E-state index in [1.807, 2.05) is 82.2 Å². The number of imidazole rings is 2. The molecule has 8 rings (SSSR count). The maximum atomic E-state index is 11.4. The maximum absolute atomic E-state index is 11.4. The van der Waals surface area contributed by atoms with E-state index in [-0.39, 0.29) is 5.56 Å². The summed E-state index contributed by atoms with van der Waals surface area (Å²) in [4.78, 5) is 26.5. The number of aromatic nitrogens is 6. The molecule has 0 atom stereocenters. The quantitative estimate of drug-likeness (QED) is 0.174. The number of nitrogens with zero attached hydrogens (tertiary/aromatic N) is 7. The molecular weight excluding hydrogens is 640 g/mol. The molecule has 0 amide bonds. The molecule has 0 radical (unpaired) electrons. The molecule has 4 heterocycles. The van der Waals surface area contributed by atoms with E-state index in [2.05, 4.69) is 32.1 Å². The van der Waals surface area contributed by atoms with Crippen molar-refractivity contribution in [1.82, 2.24) is 29.1 Å². The molecule has 8 aromatic rings. The molecule has 0 unspecified atom stereocenters. The van der Waals surface area contributed by atoms with Crippen LogP contribution in [0.4, 0.5) is 0 Å². The Morgan fingerprint density at radius 2 is 1.25 bits per heavy atom. The molecular formula is C40H28N8O3. The topological polar surface area (TPSA) is 147 Å². The van der Waals surface area contributed by atoms with Crippen molar-refractivity contribution in [3.63, 3.8) is 0 Å². The molecule has 0 aliphatic heterocycles. The van der Waals surface area contributed by atoms with Crippen molar-refractivity contribution < 1.29 is 9.47 Å². The van der Waals surface area contributed by atoms with Gasteiger partial charge in [-0.15, -0.1) is 0 Å². The first-order chi connectivity index (χ1) is 25.0. The van der Waals surface area contributed by atoms with Gasteiger partial charge in [0.25, 0.3) is 0 Å². The van der Waals surface area contributed by atoms with Crippen LogP contribution in [0.3, 0.4) is 0 Å². The highest BCUT2D eigenvalue weighted by molar-refractivity contribution is 5.80. The smallest absolute Gasteiger partial charge is 0.248 e. The standard InChI is InChI=1S/C20H14N4O2.C20H14N4O/c21-11-16-2-1-14(12-24-8-7-22-13-24)9-19(16)26-17-4-5-18-15(10-17)3-6-20(25)23-18;21-12-17-4-3-15(13-24-9-8-22-14-24)10-20(17)25-18-5-6-19-16(11-18)2-1-7-23-19/h1-10,13H,12H2,(H,23,25);1-11,14H,13H2. The number of nitrogens with one attached hydrogen (secondary N) is 1. The van der Waals surface area contributed by atoms with Crippen molar-refractivity contribution in [2.75, 3.05) is 0 Å². The Kier molecular flexibility index (Phi) is 9.26. The molecule has 0 bridgehead atoms. The monoisotopic (exact) mass is 668 g/mol. The van der Waals surface area contributed by atoms with Gasteiger partial charge in [-0.05, 0) is 83.9 Å². The largest absolute Gasteiger partial charge is 0.456 e. The Morgan fingerprint density at radius 1 is 0.647 bits per heavy atom. The SMILES string of the molecule is N#Cc1ccc(Cn2ccnc2)cc1Oc1ccc2[nH]c(=O)ccc2c1.N#Cc1ccc(Cn2ccnc2)cc1Oc1ccc2ncccc2c1. The zero-order valence-electron chi connectivity index (χ0n) is 27.0. The van der Waals surface area contributed by atoms with Gasteiger partial charge in [-0.1, -0.05) is 18.2 Å². The molecule has 0 saturated carbocycles. The molecule has 11 heteroatoms. The third-order valence-electron chi connectivity index (χ3n) is 7.91. The lowest BCUT2D eigenvalue weighted by Crippen LogP contribution is -2.02. The van der Waals surface area contributed by atoms with Crippen molar-refractivity contribution in [3.8, 4) is 35.1 Å². The molecule has 4 aromatic heterocycles. The van der Waals surface area contributed by atoms with E-state index in [1.165, 1.54) is 6.07 Å². The normalized spacial score (nSPS) is 10.5. The summed E-state index contributed by atoms with van der Waals surface area (Å²) < 4.78 is 15.9. The van der Waals surface area contributed by atoms with Crippen LogP contribution in [0.25, 0.3) is 21.8 Å². The average Bonchev–Trinajstić information content (AvgIpc) is 3.87. The number of aromatic amines is 1. The van der Waals surface area contributed by atoms with Crippen molar-refractivity contribution in [1.29, 1.82) is 10.5 Å². The second-order valence-electron chi connectivity index (χ2n) is 11.5. The van der Waals surface area contributed by atoms with E-state index < -0.39 is 0 Å². The van der Waals surface area contributed by atoms with Crippen molar-refractivity contribution in [2.24, 2.45) is 0 Å². The molecule has 0 fully saturated rings. The lowest BCUT2D eigenvalue weighted by molar-refractivity contribution is 0.480. The minimum atomic E-state index is -0.148. The van der Waals surface area contributed by atoms with Gasteiger partial charge >= 0.3 is 0 Å². The average molecular weight is 669 g/mol. The first-order valence-corrected chi connectivity index (χ1v) is 15.8. The van der Waals surface area contributed by atoms with E-state index in [4.69, 9.17) is 9.47 Å². The predicted octanol–water partition coefficient (Wildman–Crippen LogP) is 7.58. The van der Waals surface area contributed by atoms with Gasteiger partial charge in [0.1, 0.15) is 35.1 Å². The first kappa shape index (κ1) is 32.1. The van der Waals surface area contributed by atoms with E-state index >= 15 is 0 Å². The highest BCUT2D eigenvalue weighted by atomic mass is 16.5. The fourth-order valence-corrected chi connectivity index (χ4v) is 5.43. The van der Waals surface area contributed by atoms with Gasteiger partial charge in [-0.3, -0.25) is 9.78 Å². The van der Waals surface area contributed by atoms with Crippen LogP contribution in [-0.2, 0) is 13.1 Å². The summed E-state index contributed by atoms with van der Waals surface area (Å²) in [6.07, 6.45) is 12.5. The number of pyridine rings is 2. The van der Waals surface area contributed by atoms with E-state index in [1.54, 1.807) is 61.6 Å². The molecule has 11 nitrogen and oxygen atoms in total. The van der Waals surface area contributed by atoms with E-state index in [9.17, 15) is 15.3 Å². The van der Waals surface area contributed by atoms with Gasteiger partial charge in [-0.2, -0.15) is 10.5 Å². The van der Waals surface area contributed by atoms with Gasteiger partial charge in [0.2, 0.25) is 5.56 Å². The van der Waals surface area contributed by atoms with Crippen molar-refractivity contribution in [3.05, 3.63) is 173 Å². The van der Waals surface area contributed by atoms with Gasteiger partial charge in [-0.25, -0.2) is 9.97 Å². The molecule has 51 heavy (non-hydrogen) atoms. The van der Waals surface area contributed by atoms with Crippen LogP contribution < -0.4 is 15.0 Å². The zero-order valence-corrected chi connectivity index (χ0v) is 27.0. The van der Waals surface area contributed by atoms with E-state index in [0.717, 1.165) is 32.9 Å². The Labute approximate surface area is 291 Å². The summed E-state index contributed by atoms with van der Waals surface area (Å²) in [5.41, 5.74) is 4.49. The number of H-pyrrole nitrogens is 1. The second kappa shape index (κ2) is 14.7. The van der Waals surface area contributed by atoms with Crippen LogP contribution in [0.2, 0.25) is 0 Å². The fraction of sp³-hybridized carbons (Fsp3) is 0.0500. The third-order valence-corrected chi connectivity index (χ3v) is 7.91. The summed E-state index contributed by atoms with van der Waals surface area (Å²) in [6, 6.07) is 33.6. The summed E-state index contributed by atoms with van der Waals surface area (Å²) in [6.45, 7) is 1.31. The minimum absolute atomic E-state index is 0.148. The van der Waals surface area contributed by atoms with Crippen LogP contribution >= 0.6 is 0 Å². The Balaban J connectivity index is 0.000000159. The molecule has 246 valence electrons. The third kappa shape index (κ3) is 7.81. The highest BCUT2D eigenvalue weighted by Gasteiger charge is 2.10. The van der Waals surface area contributed by atoms with Gasteiger partial charge in [0.15, 0.2) is 0 Å². The number of hydrogen-bond acceptors (Lipinski definition) is 8. The van der Waals surface area contributed by atoms with Crippen LogP contribution in [0.1, 0.15) is 22.3 Å². The lowest BCUT2D eigenvalue weighted by atomic mass is 10.1. The lowest BCUT2D eigenvalue weighted by Gasteiger charge is -2.11. The summed E-state index contributed by atoms with van der Waals surface area (Å²) in [7, 11) is 0. The molecule has 0 saturated heterocycles. The molecule has 4 aromatic carbocycles. The van der Waals surface area contributed by atoms with Gasteiger partial charge < -0.3 is 23.6 Å². The summed E-state index contributed by atoms with van der Waals surface area (Å²) in [5, 5.41) is 20.6. The molecule has 0 aliphatic rings. The maximum Gasteiger partial charge on any atom is 0.248 e. The number of nitriles is 2. The second-order valence-corrected chi connectivity index (χ2v) is 11.5. The van der Waals surface area contributed by atoms with Gasteiger partial charge in [0, 0.05) is 66.4 Å². The Hall–Kier alpha value is -7.50. The van der Waals surface area contributed by atoms with E-state index in [0.29, 0.717) is 47.2 Å². The zero-order chi connectivity index (χ0) is 35.0. The summed E-state index contributed by atoms with van der Waals surface area (Å²) >= 11 is 0. The molecule has 1 N–H and O–H groups in total. The van der Waals surface area contributed by atoms with Crippen LogP contribution in [0, 0.1) is 22.7 Å². The molecule has 0 spiro atoms. The molecule has 0 aliphatic carbocycles. The number of fused-ring (bicyclic) bond motifs is 2. The predicted molar refractivity (Wildman–Crippen MR) is 191 cm³/mol. The first-order valence-electron chi connectivity index (χ1n) is 15.8. The van der Waals surface area contributed by atoms with Crippen LogP contribution in [-0.4, -0.2) is 29.1 Å². The van der Waals surface area contributed by atoms with Gasteiger partial charge in [0.05, 0.1) is 29.3 Å². The number of benzene rings is 4. The van der Waals surface area contributed by atoms with Crippen molar-refractivity contribution >= 4 is 21.8 Å². The Bertz CT molecular complexity index is 2600. The highest BCUT2D eigenvalue weighted by Crippen LogP contribution is 2.30. The van der Waals surface area contributed by atoms with Crippen LogP contribution in [0.15, 0.2) is 145 Å². The number of ether oxygens (including phenoxy) is 2.